The van der Waals surface area contributed by atoms with E-state index in [1.54, 1.807) is 6.92 Å². The molecule has 1 saturated heterocycles. The molecule has 0 aromatic carbocycles. The molecule has 1 rings (SSSR count). The van der Waals surface area contributed by atoms with Gasteiger partial charge in [0.05, 0.1) is 0 Å². The van der Waals surface area contributed by atoms with Gasteiger partial charge in [-0.15, -0.1) is 0 Å². The maximum Gasteiger partial charge on any atom is 0.333 e. The van der Waals surface area contributed by atoms with E-state index in [2.05, 4.69) is 26.7 Å². The molecule has 14 heavy (non-hydrogen) atoms. The van der Waals surface area contributed by atoms with Gasteiger partial charge < -0.3 is 4.74 Å². The highest BCUT2D eigenvalue weighted by molar-refractivity contribution is 8.34. The predicted octanol–water partition coefficient (Wildman–Crippen LogP) is 2.33. The molecule has 0 amide bonds. The summed E-state index contributed by atoms with van der Waals surface area (Å²) in [6.07, 6.45) is 2.49. The van der Waals surface area contributed by atoms with Crippen molar-refractivity contribution in [2.24, 2.45) is 0 Å². The van der Waals surface area contributed by atoms with Crippen molar-refractivity contribution in [2.45, 2.75) is 32.1 Å². The van der Waals surface area contributed by atoms with E-state index in [9.17, 15) is 4.79 Å². The average Bonchev–Trinajstić information content (AvgIpc) is 2.00. The smallest absolute Gasteiger partial charge is 0.333 e. The van der Waals surface area contributed by atoms with Crippen LogP contribution in [0.5, 0.6) is 0 Å². The van der Waals surface area contributed by atoms with Crippen LogP contribution in [0, 0.1) is 0 Å². The van der Waals surface area contributed by atoms with Crippen LogP contribution in [-0.4, -0.2) is 35.1 Å². The highest BCUT2D eigenvalue weighted by atomic mass is 32.3. The molecule has 82 valence electrons. The topological polar surface area (TPSA) is 26.3 Å². The van der Waals surface area contributed by atoms with Crippen LogP contribution < -0.4 is 0 Å². The van der Waals surface area contributed by atoms with Gasteiger partial charge in [0.2, 0.25) is 0 Å². The van der Waals surface area contributed by atoms with E-state index in [0.717, 1.165) is 16.8 Å². The molecule has 0 saturated carbocycles. The van der Waals surface area contributed by atoms with Crippen LogP contribution in [0.4, 0.5) is 0 Å². The van der Waals surface area contributed by atoms with Crippen LogP contribution >= 0.6 is 10.0 Å². The third kappa shape index (κ3) is 2.32. The van der Waals surface area contributed by atoms with Crippen molar-refractivity contribution in [2.75, 3.05) is 17.8 Å². The van der Waals surface area contributed by atoms with Gasteiger partial charge in [-0.25, -0.2) is 14.8 Å². The van der Waals surface area contributed by atoms with Crippen LogP contribution in [0.25, 0.3) is 0 Å². The number of hydrogen-bond donors (Lipinski definition) is 0. The maximum absolute atomic E-state index is 11.2. The predicted molar refractivity (Wildman–Crippen MR) is 63.1 cm³/mol. The van der Waals surface area contributed by atoms with Gasteiger partial charge in [0.15, 0.2) is 0 Å². The first-order valence-electron chi connectivity index (χ1n) is 4.94. The van der Waals surface area contributed by atoms with Crippen molar-refractivity contribution in [3.05, 3.63) is 12.2 Å². The van der Waals surface area contributed by atoms with E-state index >= 15 is 0 Å². The average molecular weight is 216 g/mol. The van der Waals surface area contributed by atoms with Gasteiger partial charge in [0, 0.05) is 17.1 Å². The van der Waals surface area contributed by atoms with E-state index in [1.807, 2.05) is 0 Å². The first kappa shape index (κ1) is 11.6. The molecule has 0 atom stereocenters. The minimum atomic E-state index is -0.483. The summed E-state index contributed by atoms with van der Waals surface area (Å²) in [5.41, 5.74) is 0.498. The summed E-state index contributed by atoms with van der Waals surface area (Å²) in [6.45, 7) is 9.77. The van der Waals surface area contributed by atoms with Crippen LogP contribution in [0.1, 0.15) is 20.8 Å². The highest BCUT2D eigenvalue weighted by Gasteiger charge is 2.40. The Morgan fingerprint density at radius 2 is 2.00 bits per heavy atom. The number of carbonyl (C=O) groups is 1. The Morgan fingerprint density at radius 1 is 1.50 bits per heavy atom. The van der Waals surface area contributed by atoms with Crippen LogP contribution in [0.3, 0.4) is 0 Å². The molecule has 0 spiro atoms. The summed E-state index contributed by atoms with van der Waals surface area (Å²) in [5.74, 6) is 1.91. The Hall–Kier alpha value is -0.440. The molecule has 0 unspecified atom stereocenters. The Labute approximate surface area is 88.0 Å². The second kappa shape index (κ2) is 3.97. The second-order valence-electron chi connectivity index (χ2n) is 4.54. The van der Waals surface area contributed by atoms with E-state index in [-0.39, 0.29) is 12.1 Å². The fraction of sp³-hybridized carbons (Fsp3) is 0.727. The molecule has 1 aliphatic heterocycles. The summed E-state index contributed by atoms with van der Waals surface area (Å²) >= 11 is 0. The zero-order chi connectivity index (χ0) is 10.9. The summed E-state index contributed by atoms with van der Waals surface area (Å²) < 4.78 is 5.28. The molecule has 1 fully saturated rings. The quantitative estimate of drug-likeness (QED) is 0.534. The van der Waals surface area contributed by atoms with Gasteiger partial charge in [0.1, 0.15) is 6.10 Å². The Kier molecular flexibility index (Phi) is 3.30. The summed E-state index contributed by atoms with van der Waals surface area (Å²) in [7, 11) is -0.483. The lowest BCUT2D eigenvalue weighted by Crippen LogP contribution is -2.44. The zero-order valence-electron chi connectivity index (χ0n) is 9.50. The minimum absolute atomic E-state index is 0.154. The Morgan fingerprint density at radius 3 is 2.36 bits per heavy atom. The van der Waals surface area contributed by atoms with Crippen molar-refractivity contribution in [1.29, 1.82) is 0 Å². The van der Waals surface area contributed by atoms with Crippen LogP contribution in [0.15, 0.2) is 12.2 Å². The molecule has 1 aliphatic rings. The van der Waals surface area contributed by atoms with Crippen molar-refractivity contribution >= 4 is 16.0 Å². The number of rotatable bonds is 3. The van der Waals surface area contributed by atoms with Crippen molar-refractivity contribution in [3.8, 4) is 0 Å². The van der Waals surface area contributed by atoms with Crippen molar-refractivity contribution in [1.82, 2.24) is 0 Å². The van der Waals surface area contributed by atoms with Gasteiger partial charge in [-0.2, -0.15) is 0 Å². The third-order valence-corrected chi connectivity index (χ3v) is 7.44. The molecule has 0 radical (unpaired) electrons. The molecule has 1 heterocycles. The third-order valence-electron chi connectivity index (χ3n) is 2.89. The van der Waals surface area contributed by atoms with E-state index in [1.165, 1.54) is 0 Å². The van der Waals surface area contributed by atoms with Gasteiger partial charge in [-0.1, -0.05) is 20.4 Å². The van der Waals surface area contributed by atoms with Gasteiger partial charge in [-0.05, 0) is 18.4 Å². The SMILES string of the molecule is C=C(C)C(=O)OC1CS(C)(C(C)C)C1. The molecule has 2 nitrogen and oxygen atoms in total. The fourth-order valence-corrected chi connectivity index (χ4v) is 4.01. The summed E-state index contributed by atoms with van der Waals surface area (Å²) in [5, 5.41) is 0.738. The second-order valence-corrected chi connectivity index (χ2v) is 8.85. The first-order valence-corrected chi connectivity index (χ1v) is 7.38. The highest BCUT2D eigenvalue weighted by Crippen LogP contribution is 2.57. The Bertz CT molecular complexity index is 252. The standard InChI is InChI=1S/C11H20O2S/c1-8(2)11(12)13-10-6-14(5,7-10)9(3)4/h9-10H,1,6-7H2,2-5H3. The number of ether oxygens (including phenoxy) is 1. The lowest BCUT2D eigenvalue weighted by Gasteiger charge is -2.52. The Balaban J connectivity index is 2.35. The molecule has 0 aromatic heterocycles. The van der Waals surface area contributed by atoms with Crippen molar-refractivity contribution in [3.63, 3.8) is 0 Å². The number of esters is 1. The normalized spacial score (nSPS) is 35.6. The molecule has 0 aliphatic carbocycles. The lowest BCUT2D eigenvalue weighted by atomic mass is 10.3. The van der Waals surface area contributed by atoms with E-state index in [4.69, 9.17) is 4.74 Å². The van der Waals surface area contributed by atoms with Gasteiger partial charge in [0.25, 0.3) is 0 Å². The molecule has 0 N–H and O–H groups in total. The molecule has 0 bridgehead atoms. The number of carbonyl (C=O) groups excluding carboxylic acids is 1. The van der Waals surface area contributed by atoms with E-state index in [0.29, 0.717) is 5.57 Å². The largest absolute Gasteiger partial charge is 0.457 e. The molecule has 3 heteroatoms. The first-order chi connectivity index (χ1) is 6.35. The van der Waals surface area contributed by atoms with Crippen molar-refractivity contribution < 1.29 is 9.53 Å². The molecular weight excluding hydrogens is 196 g/mol. The maximum atomic E-state index is 11.2. The summed E-state index contributed by atoms with van der Waals surface area (Å²) in [4.78, 5) is 11.2. The van der Waals surface area contributed by atoms with E-state index < -0.39 is 10.0 Å². The number of hydrogen-bond acceptors (Lipinski definition) is 2. The molecular formula is C11H20O2S. The van der Waals surface area contributed by atoms with Crippen LogP contribution in [0.2, 0.25) is 0 Å². The lowest BCUT2D eigenvalue weighted by molar-refractivity contribution is -0.142. The monoisotopic (exact) mass is 216 g/mol. The zero-order valence-corrected chi connectivity index (χ0v) is 10.3. The van der Waals surface area contributed by atoms with Crippen LogP contribution in [-0.2, 0) is 9.53 Å². The minimum Gasteiger partial charge on any atom is -0.457 e. The van der Waals surface area contributed by atoms with Gasteiger partial charge in [-0.3, -0.25) is 0 Å². The summed E-state index contributed by atoms with van der Waals surface area (Å²) in [6, 6.07) is 0. The molecule has 0 aromatic rings. The van der Waals surface area contributed by atoms with Gasteiger partial charge >= 0.3 is 5.97 Å². The fourth-order valence-electron chi connectivity index (χ4n) is 1.51.